The second-order valence-electron chi connectivity index (χ2n) is 3.94. The minimum atomic E-state index is -4.31. The van der Waals surface area contributed by atoms with Gasteiger partial charge in [0.25, 0.3) is 0 Å². The largest absolute Gasteiger partial charge is 0.416 e. The summed E-state index contributed by atoms with van der Waals surface area (Å²) in [4.78, 5) is 1.65. The van der Waals surface area contributed by atoms with Gasteiger partial charge < -0.3 is 15.4 Å². The molecule has 0 radical (unpaired) electrons. The second kappa shape index (κ2) is 4.44. The van der Waals surface area contributed by atoms with Gasteiger partial charge in [-0.25, -0.2) is 0 Å². The molecule has 1 atom stereocenters. The Hall–Kier alpha value is -1.43. The molecule has 1 fully saturated rings. The molecule has 1 aliphatic heterocycles. The van der Waals surface area contributed by atoms with Crippen molar-refractivity contribution in [2.24, 2.45) is 0 Å². The van der Waals surface area contributed by atoms with Gasteiger partial charge in [-0.1, -0.05) is 0 Å². The lowest BCUT2D eigenvalue weighted by molar-refractivity contribution is -0.221. The maximum atomic E-state index is 12.5. The van der Waals surface area contributed by atoms with E-state index in [0.717, 1.165) is 5.69 Å². The van der Waals surface area contributed by atoms with Crippen LogP contribution >= 0.6 is 0 Å². The summed E-state index contributed by atoms with van der Waals surface area (Å²) in [5, 5.41) is 0. The Morgan fingerprint density at radius 2 is 1.88 bits per heavy atom. The zero-order chi connectivity index (χ0) is 12.5. The monoisotopic (exact) mass is 246 g/mol. The average molecular weight is 246 g/mol. The van der Waals surface area contributed by atoms with Crippen molar-refractivity contribution in [3.63, 3.8) is 0 Å². The molecule has 0 saturated carbocycles. The van der Waals surface area contributed by atoms with Gasteiger partial charge >= 0.3 is 6.18 Å². The molecular formula is C11H13F3N2O. The summed E-state index contributed by atoms with van der Waals surface area (Å²) in [6, 6.07) is 6.78. The van der Waals surface area contributed by atoms with Gasteiger partial charge in [-0.15, -0.1) is 0 Å². The van der Waals surface area contributed by atoms with Crippen LogP contribution in [0.4, 0.5) is 24.5 Å². The topological polar surface area (TPSA) is 38.5 Å². The molecule has 0 amide bonds. The summed E-state index contributed by atoms with van der Waals surface area (Å²) in [5.41, 5.74) is 6.85. The number of nitrogen functional groups attached to an aromatic ring is 1. The molecular weight excluding hydrogens is 233 g/mol. The van der Waals surface area contributed by atoms with Crippen LogP contribution in [-0.4, -0.2) is 32.0 Å². The van der Waals surface area contributed by atoms with Crippen molar-refractivity contribution in [3.8, 4) is 0 Å². The number of alkyl halides is 3. The first-order valence-electron chi connectivity index (χ1n) is 5.25. The average Bonchev–Trinajstić information content (AvgIpc) is 2.29. The van der Waals surface area contributed by atoms with Crippen molar-refractivity contribution >= 4 is 11.4 Å². The molecule has 0 bridgehead atoms. The third-order valence-corrected chi connectivity index (χ3v) is 2.69. The lowest BCUT2D eigenvalue weighted by Gasteiger charge is -2.35. The number of morpholine rings is 1. The summed E-state index contributed by atoms with van der Waals surface area (Å²) in [6.45, 7) is 0.360. The maximum Gasteiger partial charge on any atom is 0.416 e. The molecule has 2 rings (SSSR count). The molecule has 6 heteroatoms. The number of halogens is 3. The first kappa shape index (κ1) is 12.0. The fourth-order valence-corrected chi connectivity index (χ4v) is 1.77. The highest BCUT2D eigenvalue weighted by molar-refractivity contribution is 5.53. The third kappa shape index (κ3) is 2.82. The highest BCUT2D eigenvalue weighted by atomic mass is 19.4. The molecule has 0 aromatic heterocycles. The fraction of sp³-hybridized carbons (Fsp3) is 0.455. The Bertz CT molecular complexity index is 377. The van der Waals surface area contributed by atoms with Gasteiger partial charge in [-0.05, 0) is 24.3 Å². The zero-order valence-electron chi connectivity index (χ0n) is 9.07. The van der Waals surface area contributed by atoms with Gasteiger partial charge in [0.1, 0.15) is 0 Å². The van der Waals surface area contributed by atoms with E-state index in [4.69, 9.17) is 10.5 Å². The van der Waals surface area contributed by atoms with Gasteiger partial charge in [0.2, 0.25) is 0 Å². The van der Waals surface area contributed by atoms with Crippen molar-refractivity contribution in [3.05, 3.63) is 24.3 Å². The van der Waals surface area contributed by atoms with Gasteiger partial charge in [-0.2, -0.15) is 13.2 Å². The van der Waals surface area contributed by atoms with Crippen LogP contribution in [0.1, 0.15) is 0 Å². The molecule has 1 unspecified atom stereocenters. The van der Waals surface area contributed by atoms with Crippen molar-refractivity contribution in [1.82, 2.24) is 0 Å². The Morgan fingerprint density at radius 3 is 2.47 bits per heavy atom. The van der Waals surface area contributed by atoms with Crippen molar-refractivity contribution in [2.45, 2.75) is 12.3 Å². The van der Waals surface area contributed by atoms with Crippen molar-refractivity contribution < 1.29 is 17.9 Å². The Labute approximate surface area is 97.0 Å². The molecule has 1 saturated heterocycles. The molecule has 3 nitrogen and oxygen atoms in total. The summed E-state index contributed by atoms with van der Waals surface area (Å²) >= 11 is 0. The van der Waals surface area contributed by atoms with Gasteiger partial charge in [0, 0.05) is 17.9 Å². The minimum Gasteiger partial charge on any atom is -0.399 e. The lowest BCUT2D eigenvalue weighted by Crippen LogP contribution is -2.49. The normalized spacial score (nSPS) is 21.6. The predicted octanol–water partition coefficient (Wildman–Crippen LogP) is 2.04. The number of nitrogens with two attached hydrogens (primary N) is 1. The summed E-state index contributed by atoms with van der Waals surface area (Å²) in [5.74, 6) is 0. The van der Waals surface area contributed by atoms with Gasteiger partial charge in [-0.3, -0.25) is 0 Å². The van der Waals surface area contributed by atoms with E-state index in [2.05, 4.69) is 0 Å². The van der Waals surface area contributed by atoms with Gasteiger partial charge in [0.15, 0.2) is 6.10 Å². The number of ether oxygens (including phenoxy) is 1. The van der Waals surface area contributed by atoms with E-state index in [1.807, 2.05) is 0 Å². The van der Waals surface area contributed by atoms with E-state index < -0.39 is 12.3 Å². The number of hydrogen-bond donors (Lipinski definition) is 1. The van der Waals surface area contributed by atoms with Crippen LogP contribution in [0, 0.1) is 0 Å². The van der Waals surface area contributed by atoms with Crippen molar-refractivity contribution in [1.29, 1.82) is 0 Å². The highest BCUT2D eigenvalue weighted by Gasteiger charge is 2.43. The van der Waals surface area contributed by atoms with E-state index in [-0.39, 0.29) is 13.2 Å². The highest BCUT2D eigenvalue weighted by Crippen LogP contribution is 2.28. The quantitative estimate of drug-likeness (QED) is 0.770. The SMILES string of the molecule is Nc1ccc(N2CCOC(C(F)(F)F)C2)cc1. The van der Waals surface area contributed by atoms with Crippen LogP contribution in [0.25, 0.3) is 0 Å². The zero-order valence-corrected chi connectivity index (χ0v) is 9.07. The van der Waals surface area contributed by atoms with E-state index in [9.17, 15) is 13.2 Å². The molecule has 0 aliphatic carbocycles. The summed E-state index contributed by atoms with van der Waals surface area (Å²) in [6.07, 6.45) is -6.03. The number of nitrogens with zero attached hydrogens (tertiary/aromatic N) is 1. The molecule has 1 aromatic rings. The molecule has 1 aromatic carbocycles. The van der Waals surface area contributed by atoms with Crippen LogP contribution in [0.15, 0.2) is 24.3 Å². The maximum absolute atomic E-state index is 12.5. The Morgan fingerprint density at radius 1 is 1.24 bits per heavy atom. The molecule has 0 spiro atoms. The van der Waals surface area contributed by atoms with Crippen LogP contribution in [0.5, 0.6) is 0 Å². The molecule has 1 aliphatic rings. The Kier molecular flexibility index (Phi) is 3.15. The van der Waals surface area contributed by atoms with Crippen LogP contribution < -0.4 is 10.6 Å². The van der Waals surface area contributed by atoms with Crippen molar-refractivity contribution in [2.75, 3.05) is 30.3 Å². The fourth-order valence-electron chi connectivity index (χ4n) is 1.77. The lowest BCUT2D eigenvalue weighted by atomic mass is 10.2. The number of hydrogen-bond acceptors (Lipinski definition) is 3. The number of benzene rings is 1. The number of rotatable bonds is 1. The molecule has 1 heterocycles. The first-order chi connectivity index (χ1) is 7.97. The molecule has 2 N–H and O–H groups in total. The predicted molar refractivity (Wildman–Crippen MR) is 58.9 cm³/mol. The van der Waals surface area contributed by atoms with E-state index in [0.29, 0.717) is 12.2 Å². The first-order valence-corrected chi connectivity index (χ1v) is 5.25. The summed E-state index contributed by atoms with van der Waals surface area (Å²) < 4.78 is 42.3. The van der Waals surface area contributed by atoms with Crippen LogP contribution in [-0.2, 0) is 4.74 Å². The molecule has 17 heavy (non-hydrogen) atoms. The van der Waals surface area contributed by atoms with Gasteiger partial charge in [0.05, 0.1) is 13.2 Å². The smallest absolute Gasteiger partial charge is 0.399 e. The second-order valence-corrected chi connectivity index (χ2v) is 3.94. The number of anilines is 2. The van der Waals surface area contributed by atoms with Crippen LogP contribution in [0.2, 0.25) is 0 Å². The minimum absolute atomic E-state index is 0.0779. The van der Waals surface area contributed by atoms with E-state index in [1.165, 1.54) is 0 Å². The Balaban J connectivity index is 2.09. The summed E-state index contributed by atoms with van der Waals surface area (Å²) in [7, 11) is 0. The third-order valence-electron chi connectivity index (χ3n) is 2.69. The van der Waals surface area contributed by atoms with E-state index in [1.54, 1.807) is 29.2 Å². The molecule has 94 valence electrons. The van der Waals surface area contributed by atoms with Crippen LogP contribution in [0.3, 0.4) is 0 Å². The van der Waals surface area contributed by atoms with E-state index >= 15 is 0 Å². The standard InChI is InChI=1S/C11H13F3N2O/c12-11(13,14)10-7-16(5-6-17-10)9-3-1-8(15)2-4-9/h1-4,10H,5-7,15H2.